The monoisotopic (exact) mass is 352 g/mol. The number of para-hydroxylation sites is 2. The minimum absolute atomic E-state index is 0.112. The molecular weight excluding hydrogens is 324 g/mol. The number of anilines is 1. The number of phenols is 1. The zero-order valence-electron chi connectivity index (χ0n) is 15.4. The second-order valence-electron chi connectivity index (χ2n) is 7.22. The summed E-state index contributed by atoms with van der Waals surface area (Å²) >= 11 is 0. The normalized spacial score (nSPS) is 15.2. The predicted molar refractivity (Wildman–Crippen MR) is 105 cm³/mol. The van der Waals surface area contributed by atoms with Crippen LogP contribution in [0.25, 0.3) is 0 Å². The molecule has 4 heteroatoms. The number of aromatic hydroxyl groups is 1. The molecule has 3 rings (SSSR count). The van der Waals surface area contributed by atoms with Gasteiger partial charge in [-0.05, 0) is 37.6 Å². The first-order valence-corrected chi connectivity index (χ1v) is 9.48. The summed E-state index contributed by atoms with van der Waals surface area (Å²) in [6, 6.07) is 15.6. The predicted octanol–water partition coefficient (Wildman–Crippen LogP) is 4.34. The summed E-state index contributed by atoms with van der Waals surface area (Å²) in [5.74, 6) is 0.0484. The number of nitrogens with zero attached hydrogens (tertiary/aromatic N) is 1. The van der Waals surface area contributed by atoms with E-state index in [1.54, 1.807) is 18.2 Å². The summed E-state index contributed by atoms with van der Waals surface area (Å²) < 4.78 is 0. The molecule has 0 atom stereocenters. The van der Waals surface area contributed by atoms with Crippen molar-refractivity contribution in [3.8, 4) is 5.75 Å². The van der Waals surface area contributed by atoms with Crippen LogP contribution in [0.2, 0.25) is 0 Å². The molecule has 0 spiro atoms. The van der Waals surface area contributed by atoms with Crippen molar-refractivity contribution in [1.29, 1.82) is 0 Å². The molecule has 2 N–H and O–H groups in total. The fourth-order valence-corrected chi connectivity index (χ4v) is 3.73. The Labute approximate surface area is 155 Å². The average Bonchev–Trinajstić information content (AvgIpc) is 2.66. The molecule has 4 nitrogen and oxygen atoms in total. The third-order valence-corrected chi connectivity index (χ3v) is 5.25. The molecule has 1 fully saturated rings. The molecular formula is C22H28N2O2. The maximum atomic E-state index is 12.4. The largest absolute Gasteiger partial charge is 0.508 e. The molecule has 0 bridgehead atoms. The van der Waals surface area contributed by atoms with Crippen LogP contribution in [0, 0.1) is 0 Å². The molecule has 1 saturated carbocycles. The van der Waals surface area contributed by atoms with Gasteiger partial charge in [0.2, 0.25) is 5.91 Å². The van der Waals surface area contributed by atoms with Gasteiger partial charge >= 0.3 is 0 Å². The molecule has 2 aromatic rings. The van der Waals surface area contributed by atoms with Crippen LogP contribution in [0.4, 0.5) is 5.69 Å². The van der Waals surface area contributed by atoms with Crippen molar-refractivity contribution in [2.75, 3.05) is 12.4 Å². The van der Waals surface area contributed by atoms with Gasteiger partial charge in [0, 0.05) is 23.8 Å². The highest BCUT2D eigenvalue weighted by Gasteiger charge is 2.19. The quantitative estimate of drug-likeness (QED) is 0.813. The van der Waals surface area contributed by atoms with Crippen molar-refractivity contribution in [1.82, 2.24) is 4.90 Å². The Morgan fingerprint density at radius 1 is 1.04 bits per heavy atom. The number of benzene rings is 2. The van der Waals surface area contributed by atoms with Crippen LogP contribution in [0.5, 0.6) is 5.75 Å². The van der Waals surface area contributed by atoms with Crippen LogP contribution in [-0.4, -0.2) is 29.0 Å². The summed E-state index contributed by atoms with van der Waals surface area (Å²) in [5, 5.41) is 12.9. The Hall–Kier alpha value is -2.33. The minimum Gasteiger partial charge on any atom is -0.508 e. The SMILES string of the molecule is CN(Cc1ccccc1NC(=O)Cc1ccccc1O)C1CCCCC1. The number of amides is 1. The van der Waals surface area contributed by atoms with Crippen LogP contribution in [0.15, 0.2) is 48.5 Å². The van der Waals surface area contributed by atoms with Crippen molar-refractivity contribution in [3.63, 3.8) is 0 Å². The van der Waals surface area contributed by atoms with Crippen molar-refractivity contribution in [3.05, 3.63) is 59.7 Å². The van der Waals surface area contributed by atoms with Gasteiger partial charge in [-0.25, -0.2) is 0 Å². The van der Waals surface area contributed by atoms with Crippen LogP contribution >= 0.6 is 0 Å². The van der Waals surface area contributed by atoms with Crippen molar-refractivity contribution < 1.29 is 9.90 Å². The Bertz CT molecular complexity index is 738. The van der Waals surface area contributed by atoms with Gasteiger partial charge in [0.1, 0.15) is 5.75 Å². The summed E-state index contributed by atoms with van der Waals surface area (Å²) in [6.07, 6.45) is 6.67. The first-order valence-electron chi connectivity index (χ1n) is 9.48. The van der Waals surface area contributed by atoms with E-state index in [9.17, 15) is 9.90 Å². The summed E-state index contributed by atoms with van der Waals surface area (Å²) in [5.41, 5.74) is 2.63. The van der Waals surface area contributed by atoms with Crippen molar-refractivity contribution in [2.45, 2.75) is 51.1 Å². The lowest BCUT2D eigenvalue weighted by Gasteiger charge is -2.31. The van der Waals surface area contributed by atoms with Crippen LogP contribution in [0.3, 0.4) is 0 Å². The van der Waals surface area contributed by atoms with Gasteiger partial charge in [-0.3, -0.25) is 9.69 Å². The lowest BCUT2D eigenvalue weighted by atomic mass is 9.94. The van der Waals surface area contributed by atoms with Gasteiger partial charge in [-0.1, -0.05) is 55.7 Å². The average molecular weight is 352 g/mol. The fourth-order valence-electron chi connectivity index (χ4n) is 3.73. The molecule has 26 heavy (non-hydrogen) atoms. The standard InChI is InChI=1S/C22H28N2O2/c1-24(19-11-3-2-4-12-19)16-18-10-5-7-13-20(18)23-22(26)15-17-9-6-8-14-21(17)25/h5-10,13-14,19,25H,2-4,11-12,15-16H2,1H3,(H,23,26). The van der Waals surface area contributed by atoms with E-state index in [0.717, 1.165) is 17.8 Å². The first kappa shape index (κ1) is 18.5. The summed E-state index contributed by atoms with van der Waals surface area (Å²) in [7, 11) is 2.18. The lowest BCUT2D eigenvalue weighted by Crippen LogP contribution is -2.33. The van der Waals surface area contributed by atoms with E-state index in [0.29, 0.717) is 11.6 Å². The zero-order valence-corrected chi connectivity index (χ0v) is 15.4. The van der Waals surface area contributed by atoms with Gasteiger partial charge in [-0.2, -0.15) is 0 Å². The Balaban J connectivity index is 1.65. The second kappa shape index (κ2) is 8.86. The third kappa shape index (κ3) is 4.85. The number of phenolic OH excluding ortho intramolecular Hbond substituents is 1. The van der Waals surface area contributed by atoms with Crippen LogP contribution in [0.1, 0.15) is 43.2 Å². The molecule has 0 aliphatic heterocycles. The molecule has 0 saturated heterocycles. The van der Waals surface area contributed by atoms with Gasteiger partial charge in [0.25, 0.3) is 0 Å². The van der Waals surface area contributed by atoms with E-state index in [4.69, 9.17) is 0 Å². The molecule has 2 aromatic carbocycles. The van der Waals surface area contributed by atoms with Crippen LogP contribution in [-0.2, 0) is 17.8 Å². The van der Waals surface area contributed by atoms with E-state index in [1.165, 1.54) is 32.1 Å². The Kier molecular flexibility index (Phi) is 6.29. The fraction of sp³-hybridized carbons (Fsp3) is 0.409. The number of carbonyl (C=O) groups excluding carboxylic acids is 1. The number of hydrogen-bond acceptors (Lipinski definition) is 3. The van der Waals surface area contributed by atoms with E-state index in [1.807, 2.05) is 24.3 Å². The van der Waals surface area contributed by atoms with E-state index in [-0.39, 0.29) is 18.1 Å². The summed E-state index contributed by atoms with van der Waals surface area (Å²) in [4.78, 5) is 14.8. The van der Waals surface area contributed by atoms with Gasteiger partial charge < -0.3 is 10.4 Å². The highest BCUT2D eigenvalue weighted by atomic mass is 16.3. The topological polar surface area (TPSA) is 52.6 Å². The first-order chi connectivity index (χ1) is 12.6. The molecule has 0 heterocycles. The molecule has 0 aromatic heterocycles. The highest BCUT2D eigenvalue weighted by molar-refractivity contribution is 5.93. The third-order valence-electron chi connectivity index (χ3n) is 5.25. The van der Waals surface area contributed by atoms with Crippen molar-refractivity contribution in [2.24, 2.45) is 0 Å². The minimum atomic E-state index is -0.112. The number of carbonyl (C=O) groups is 1. The van der Waals surface area contributed by atoms with E-state index >= 15 is 0 Å². The van der Waals surface area contributed by atoms with E-state index in [2.05, 4.69) is 23.3 Å². The molecule has 0 unspecified atom stereocenters. The second-order valence-corrected chi connectivity index (χ2v) is 7.22. The van der Waals surface area contributed by atoms with Gasteiger partial charge in [0.05, 0.1) is 6.42 Å². The van der Waals surface area contributed by atoms with Gasteiger partial charge in [0.15, 0.2) is 0 Å². The van der Waals surface area contributed by atoms with Crippen molar-refractivity contribution >= 4 is 11.6 Å². The molecule has 138 valence electrons. The molecule has 1 aliphatic carbocycles. The Morgan fingerprint density at radius 2 is 1.69 bits per heavy atom. The summed E-state index contributed by atoms with van der Waals surface area (Å²) in [6.45, 7) is 0.831. The van der Waals surface area contributed by atoms with Gasteiger partial charge in [-0.15, -0.1) is 0 Å². The number of hydrogen-bond donors (Lipinski definition) is 2. The maximum absolute atomic E-state index is 12.4. The highest BCUT2D eigenvalue weighted by Crippen LogP contribution is 2.25. The van der Waals surface area contributed by atoms with E-state index < -0.39 is 0 Å². The van der Waals surface area contributed by atoms with Crippen LogP contribution < -0.4 is 5.32 Å². The smallest absolute Gasteiger partial charge is 0.228 e. The molecule has 1 amide bonds. The Morgan fingerprint density at radius 3 is 2.42 bits per heavy atom. The maximum Gasteiger partial charge on any atom is 0.228 e. The zero-order chi connectivity index (χ0) is 18.4. The molecule has 0 radical (unpaired) electrons. The molecule has 1 aliphatic rings. The number of nitrogens with one attached hydrogen (secondary N) is 1. The number of rotatable bonds is 6. The lowest BCUT2D eigenvalue weighted by molar-refractivity contribution is -0.115.